The van der Waals surface area contributed by atoms with Gasteiger partial charge in [0.05, 0.1) is 5.00 Å². The molecule has 0 saturated carbocycles. The van der Waals surface area contributed by atoms with Crippen molar-refractivity contribution in [2.24, 2.45) is 4.99 Å². The first-order valence-corrected chi connectivity index (χ1v) is 11.5. The average molecular weight is 551 g/mol. The second-order valence-electron chi connectivity index (χ2n) is 7.56. The molecule has 3 heterocycles. The van der Waals surface area contributed by atoms with Gasteiger partial charge in [-0.15, -0.1) is 35.3 Å². The minimum Gasteiger partial charge on any atom is -0.363 e. The van der Waals surface area contributed by atoms with Crippen LogP contribution in [0.5, 0.6) is 0 Å². The quantitative estimate of drug-likeness (QED) is 0.266. The first-order chi connectivity index (χ1) is 14.8. The minimum absolute atomic E-state index is 0. The number of anilines is 1. The van der Waals surface area contributed by atoms with E-state index >= 15 is 0 Å². The molecule has 0 atom stereocenters. The lowest BCUT2D eigenvalue weighted by Gasteiger charge is -2.33. The molecule has 1 aliphatic rings. The summed E-state index contributed by atoms with van der Waals surface area (Å²) in [4.78, 5) is 11.4. The van der Waals surface area contributed by atoms with Gasteiger partial charge in [-0.25, -0.2) is 4.98 Å². The summed E-state index contributed by atoms with van der Waals surface area (Å²) >= 11 is 1.82. The lowest BCUT2D eigenvalue weighted by molar-refractivity contribution is 0.463. The minimum atomic E-state index is 0. The summed E-state index contributed by atoms with van der Waals surface area (Å²) in [6.45, 7) is 3.84. The zero-order chi connectivity index (χ0) is 20.6. The molecule has 4 rings (SSSR count). The summed E-state index contributed by atoms with van der Waals surface area (Å²) in [5, 5.41) is 10.6. The molecule has 3 aromatic rings. The lowest BCUT2D eigenvalue weighted by atomic mass is 10.1. The van der Waals surface area contributed by atoms with Crippen molar-refractivity contribution >= 4 is 46.3 Å². The number of imidazole rings is 1. The van der Waals surface area contributed by atoms with Crippen LogP contribution < -0.4 is 15.5 Å². The van der Waals surface area contributed by atoms with Crippen molar-refractivity contribution in [3.05, 3.63) is 71.6 Å². The van der Waals surface area contributed by atoms with Gasteiger partial charge in [0.2, 0.25) is 0 Å². The number of thiophene rings is 1. The van der Waals surface area contributed by atoms with E-state index in [9.17, 15) is 0 Å². The first kappa shape index (κ1) is 23.6. The van der Waals surface area contributed by atoms with Gasteiger partial charge in [0.25, 0.3) is 0 Å². The Morgan fingerprint density at radius 1 is 1.16 bits per heavy atom. The molecule has 0 spiro atoms. The van der Waals surface area contributed by atoms with Crippen LogP contribution in [-0.4, -0.2) is 48.2 Å². The van der Waals surface area contributed by atoms with Gasteiger partial charge in [0.1, 0.15) is 5.82 Å². The maximum absolute atomic E-state index is 4.54. The van der Waals surface area contributed by atoms with Crippen molar-refractivity contribution in [3.8, 4) is 0 Å². The van der Waals surface area contributed by atoms with Crippen LogP contribution in [0.2, 0.25) is 0 Å². The van der Waals surface area contributed by atoms with E-state index in [2.05, 4.69) is 78.1 Å². The third-order valence-electron chi connectivity index (χ3n) is 5.52. The normalized spacial score (nSPS) is 14.9. The molecule has 1 aromatic carbocycles. The highest BCUT2D eigenvalue weighted by Crippen LogP contribution is 2.24. The zero-order valence-electron chi connectivity index (χ0n) is 17.9. The fraction of sp³-hybridized carbons (Fsp3) is 0.391. The second kappa shape index (κ2) is 12.1. The summed E-state index contributed by atoms with van der Waals surface area (Å²) in [6.07, 6.45) is 7.04. The van der Waals surface area contributed by atoms with E-state index in [1.807, 2.05) is 30.6 Å². The molecule has 1 aliphatic heterocycles. The number of guanidine groups is 1. The topological polar surface area (TPSA) is 57.5 Å². The van der Waals surface area contributed by atoms with Crippen molar-refractivity contribution in [2.45, 2.75) is 31.8 Å². The molecular formula is C23H31IN6S. The van der Waals surface area contributed by atoms with E-state index in [0.717, 1.165) is 57.2 Å². The Hall–Kier alpha value is -2.07. The van der Waals surface area contributed by atoms with Crippen molar-refractivity contribution < 1.29 is 0 Å². The first-order valence-electron chi connectivity index (χ1n) is 10.6. The van der Waals surface area contributed by atoms with E-state index in [0.29, 0.717) is 6.04 Å². The molecule has 0 unspecified atom stereocenters. The number of hydrogen-bond acceptors (Lipinski definition) is 4. The lowest BCUT2D eigenvalue weighted by Crippen LogP contribution is -2.49. The van der Waals surface area contributed by atoms with Gasteiger partial charge >= 0.3 is 0 Å². The van der Waals surface area contributed by atoms with Crippen LogP contribution in [0.15, 0.2) is 65.2 Å². The number of rotatable bonds is 7. The van der Waals surface area contributed by atoms with Crippen molar-refractivity contribution in [1.82, 2.24) is 20.2 Å². The Kier molecular flexibility index (Phi) is 9.20. The van der Waals surface area contributed by atoms with E-state index in [1.165, 1.54) is 10.6 Å². The molecule has 0 bridgehead atoms. The monoisotopic (exact) mass is 550 g/mol. The summed E-state index contributed by atoms with van der Waals surface area (Å²) in [5.41, 5.74) is 1.29. The van der Waals surface area contributed by atoms with Crippen molar-refractivity contribution in [3.63, 3.8) is 0 Å². The number of benzene rings is 1. The van der Waals surface area contributed by atoms with Gasteiger partial charge in [-0.1, -0.05) is 30.3 Å². The van der Waals surface area contributed by atoms with Crippen LogP contribution in [-0.2, 0) is 13.0 Å². The highest BCUT2D eigenvalue weighted by molar-refractivity contribution is 14.0. The maximum atomic E-state index is 4.54. The van der Waals surface area contributed by atoms with E-state index < -0.39 is 0 Å². The predicted octanol–water partition coefficient (Wildman–Crippen LogP) is 3.99. The summed E-state index contributed by atoms with van der Waals surface area (Å²) in [6, 6.07) is 15.3. The molecule has 2 aromatic heterocycles. The van der Waals surface area contributed by atoms with Crippen LogP contribution in [0.4, 0.5) is 5.00 Å². The van der Waals surface area contributed by atoms with Crippen LogP contribution in [0.25, 0.3) is 0 Å². The molecule has 166 valence electrons. The van der Waals surface area contributed by atoms with Crippen LogP contribution >= 0.6 is 35.3 Å². The molecule has 31 heavy (non-hydrogen) atoms. The van der Waals surface area contributed by atoms with E-state index in [-0.39, 0.29) is 24.0 Å². The molecule has 0 radical (unpaired) electrons. The summed E-state index contributed by atoms with van der Waals surface area (Å²) in [7, 11) is 1.84. The third-order valence-corrected chi connectivity index (χ3v) is 6.44. The molecule has 8 heteroatoms. The van der Waals surface area contributed by atoms with E-state index in [4.69, 9.17) is 0 Å². The van der Waals surface area contributed by atoms with Gasteiger partial charge in [-0.2, -0.15) is 0 Å². The highest BCUT2D eigenvalue weighted by Gasteiger charge is 2.20. The second-order valence-corrected chi connectivity index (χ2v) is 8.49. The standard InChI is InChI=1S/C23H30N6S.HI/c1-24-23(27-20-10-14-28(15-11-20)22-8-5-17-30-22)26-12-9-21-25-13-16-29(21)18-19-6-3-2-4-7-19;/h2-8,13,16-17,20H,9-12,14-15,18H2,1H3,(H2,24,26,27);1H. The maximum Gasteiger partial charge on any atom is 0.191 e. The molecule has 6 nitrogen and oxygen atoms in total. The molecule has 1 saturated heterocycles. The van der Waals surface area contributed by atoms with Gasteiger partial charge in [-0.05, 0) is 35.9 Å². The molecule has 0 aliphatic carbocycles. The van der Waals surface area contributed by atoms with Crippen LogP contribution in [0.3, 0.4) is 0 Å². The number of piperidine rings is 1. The molecular weight excluding hydrogens is 519 g/mol. The SMILES string of the molecule is CN=C(NCCc1nccn1Cc1ccccc1)NC1CCN(c2cccs2)CC1.I. The number of nitrogens with one attached hydrogen (secondary N) is 2. The number of aromatic nitrogens is 2. The zero-order valence-corrected chi connectivity index (χ0v) is 21.1. The Bertz CT molecular complexity index is 917. The molecule has 0 amide bonds. The van der Waals surface area contributed by atoms with Crippen molar-refractivity contribution in [2.75, 3.05) is 31.6 Å². The largest absolute Gasteiger partial charge is 0.363 e. The van der Waals surface area contributed by atoms with Gasteiger partial charge in [-0.3, -0.25) is 4.99 Å². The predicted molar refractivity (Wildman–Crippen MR) is 141 cm³/mol. The van der Waals surface area contributed by atoms with Crippen molar-refractivity contribution in [1.29, 1.82) is 0 Å². The Morgan fingerprint density at radius 3 is 2.68 bits per heavy atom. The van der Waals surface area contributed by atoms with Gasteiger partial charge < -0.3 is 20.1 Å². The Labute approximate surface area is 205 Å². The number of nitrogens with zero attached hydrogens (tertiary/aromatic N) is 4. The molecule has 2 N–H and O–H groups in total. The smallest absolute Gasteiger partial charge is 0.191 e. The van der Waals surface area contributed by atoms with Gasteiger partial charge in [0.15, 0.2) is 5.96 Å². The van der Waals surface area contributed by atoms with E-state index in [1.54, 1.807) is 0 Å². The van der Waals surface area contributed by atoms with Crippen LogP contribution in [0, 0.1) is 0 Å². The Balaban J connectivity index is 0.00000272. The number of aliphatic imine (C=N–C) groups is 1. The van der Waals surface area contributed by atoms with Gasteiger partial charge in [0, 0.05) is 58.1 Å². The fourth-order valence-corrected chi connectivity index (χ4v) is 4.65. The highest BCUT2D eigenvalue weighted by atomic mass is 127. The average Bonchev–Trinajstić information content (AvgIpc) is 3.47. The summed E-state index contributed by atoms with van der Waals surface area (Å²) < 4.78 is 2.22. The summed E-state index contributed by atoms with van der Waals surface area (Å²) in [5.74, 6) is 1.97. The third kappa shape index (κ3) is 6.70. The Morgan fingerprint density at radius 2 is 1.97 bits per heavy atom. The molecule has 1 fully saturated rings. The fourth-order valence-electron chi connectivity index (χ4n) is 3.87. The van der Waals surface area contributed by atoms with Crippen LogP contribution in [0.1, 0.15) is 24.2 Å². The number of hydrogen-bond donors (Lipinski definition) is 2. The number of halogens is 1.